The SMILES string of the molecule is CN(CC(=O)Oc1ccccc1)c1ccccc1. The molecule has 0 aliphatic heterocycles. The zero-order chi connectivity index (χ0) is 12.8. The first-order valence-electron chi connectivity index (χ1n) is 5.77. The smallest absolute Gasteiger partial charge is 0.330 e. The number of anilines is 1. The van der Waals surface area contributed by atoms with Crippen molar-refractivity contribution >= 4 is 11.7 Å². The number of hydrogen-bond donors (Lipinski definition) is 0. The molecule has 92 valence electrons. The van der Waals surface area contributed by atoms with Crippen LogP contribution in [0, 0.1) is 0 Å². The Hall–Kier alpha value is -2.29. The van der Waals surface area contributed by atoms with Crippen LogP contribution in [0.15, 0.2) is 60.7 Å². The molecular formula is C15H15NO2. The third-order valence-electron chi connectivity index (χ3n) is 2.54. The van der Waals surface area contributed by atoms with Crippen molar-refractivity contribution in [1.29, 1.82) is 0 Å². The Morgan fingerprint density at radius 2 is 1.56 bits per heavy atom. The Morgan fingerprint density at radius 1 is 1.00 bits per heavy atom. The minimum absolute atomic E-state index is 0.221. The van der Waals surface area contributed by atoms with E-state index in [-0.39, 0.29) is 12.5 Å². The van der Waals surface area contributed by atoms with Gasteiger partial charge in [-0.05, 0) is 24.3 Å². The van der Waals surface area contributed by atoms with E-state index in [1.165, 1.54) is 0 Å². The van der Waals surface area contributed by atoms with Gasteiger partial charge in [-0.3, -0.25) is 0 Å². The van der Waals surface area contributed by atoms with Crippen LogP contribution in [0.5, 0.6) is 5.75 Å². The minimum Gasteiger partial charge on any atom is -0.425 e. The van der Waals surface area contributed by atoms with Crippen LogP contribution in [0.2, 0.25) is 0 Å². The van der Waals surface area contributed by atoms with Crippen LogP contribution in [0.1, 0.15) is 0 Å². The van der Waals surface area contributed by atoms with Gasteiger partial charge in [-0.1, -0.05) is 36.4 Å². The molecule has 0 saturated carbocycles. The molecule has 3 heteroatoms. The second-order valence-electron chi connectivity index (χ2n) is 3.98. The van der Waals surface area contributed by atoms with Gasteiger partial charge in [0.25, 0.3) is 0 Å². The molecule has 2 aromatic rings. The molecule has 3 nitrogen and oxygen atoms in total. The molecule has 0 N–H and O–H groups in total. The van der Waals surface area contributed by atoms with Crippen molar-refractivity contribution in [3.8, 4) is 5.75 Å². The third kappa shape index (κ3) is 3.35. The summed E-state index contributed by atoms with van der Waals surface area (Å²) in [6.45, 7) is 0.221. The van der Waals surface area contributed by atoms with Gasteiger partial charge < -0.3 is 9.64 Å². The average Bonchev–Trinajstić information content (AvgIpc) is 2.40. The summed E-state index contributed by atoms with van der Waals surface area (Å²) >= 11 is 0. The summed E-state index contributed by atoms with van der Waals surface area (Å²) in [4.78, 5) is 13.6. The van der Waals surface area contributed by atoms with Gasteiger partial charge in [-0.2, -0.15) is 0 Å². The number of esters is 1. The first kappa shape index (κ1) is 12.2. The molecule has 0 spiro atoms. The highest BCUT2D eigenvalue weighted by molar-refractivity contribution is 5.77. The highest BCUT2D eigenvalue weighted by atomic mass is 16.5. The van der Waals surface area contributed by atoms with E-state index < -0.39 is 0 Å². The number of ether oxygens (including phenoxy) is 1. The Kier molecular flexibility index (Phi) is 3.97. The minimum atomic E-state index is -0.271. The quantitative estimate of drug-likeness (QED) is 0.609. The number of nitrogens with zero attached hydrogens (tertiary/aromatic N) is 1. The number of hydrogen-bond acceptors (Lipinski definition) is 3. The van der Waals surface area contributed by atoms with Gasteiger partial charge in [0.15, 0.2) is 0 Å². The lowest BCUT2D eigenvalue weighted by Crippen LogP contribution is -2.28. The third-order valence-corrected chi connectivity index (χ3v) is 2.54. The van der Waals surface area contributed by atoms with E-state index in [1.54, 1.807) is 12.1 Å². The molecule has 0 aromatic heterocycles. The number of likely N-dealkylation sites (N-methyl/N-ethyl adjacent to an activating group) is 1. The summed E-state index contributed by atoms with van der Waals surface area (Å²) in [6.07, 6.45) is 0. The van der Waals surface area contributed by atoms with E-state index in [2.05, 4.69) is 0 Å². The lowest BCUT2D eigenvalue weighted by Gasteiger charge is -2.17. The van der Waals surface area contributed by atoms with Crippen LogP contribution in [0.25, 0.3) is 0 Å². The molecule has 0 fully saturated rings. The summed E-state index contributed by atoms with van der Waals surface area (Å²) in [5.41, 5.74) is 0.988. The molecule has 0 amide bonds. The van der Waals surface area contributed by atoms with E-state index in [1.807, 2.05) is 60.5 Å². The molecule has 0 unspecified atom stereocenters. The largest absolute Gasteiger partial charge is 0.425 e. The maximum atomic E-state index is 11.7. The molecular weight excluding hydrogens is 226 g/mol. The Morgan fingerprint density at radius 3 is 2.17 bits per heavy atom. The number of benzene rings is 2. The van der Waals surface area contributed by atoms with Gasteiger partial charge in [0.05, 0.1) is 0 Å². The lowest BCUT2D eigenvalue weighted by molar-refractivity contribution is -0.132. The highest BCUT2D eigenvalue weighted by Gasteiger charge is 2.09. The molecule has 0 atom stereocenters. The van der Waals surface area contributed by atoms with Crippen LogP contribution in [0.3, 0.4) is 0 Å². The van der Waals surface area contributed by atoms with Crippen LogP contribution < -0.4 is 9.64 Å². The second kappa shape index (κ2) is 5.87. The van der Waals surface area contributed by atoms with Crippen LogP contribution in [0.4, 0.5) is 5.69 Å². The van der Waals surface area contributed by atoms with Gasteiger partial charge in [0.2, 0.25) is 0 Å². The molecule has 2 aromatic carbocycles. The summed E-state index contributed by atoms with van der Waals surface area (Å²) in [5, 5.41) is 0. The molecule has 0 radical (unpaired) electrons. The van der Waals surface area contributed by atoms with Gasteiger partial charge in [-0.25, -0.2) is 4.79 Å². The fourth-order valence-electron chi connectivity index (χ4n) is 1.62. The number of para-hydroxylation sites is 2. The van der Waals surface area contributed by atoms with E-state index in [9.17, 15) is 4.79 Å². The van der Waals surface area contributed by atoms with Gasteiger partial charge >= 0.3 is 5.97 Å². The van der Waals surface area contributed by atoms with Gasteiger partial charge in [0.1, 0.15) is 12.3 Å². The van der Waals surface area contributed by atoms with Crippen molar-refractivity contribution in [3.05, 3.63) is 60.7 Å². The summed E-state index contributed by atoms with van der Waals surface area (Å²) in [6, 6.07) is 18.8. The van der Waals surface area contributed by atoms with E-state index in [0.29, 0.717) is 5.75 Å². The first-order valence-corrected chi connectivity index (χ1v) is 5.77. The number of rotatable bonds is 4. The fraction of sp³-hybridized carbons (Fsp3) is 0.133. The maximum Gasteiger partial charge on any atom is 0.330 e. The molecule has 0 heterocycles. The first-order chi connectivity index (χ1) is 8.75. The zero-order valence-electron chi connectivity index (χ0n) is 10.2. The Balaban J connectivity index is 1.92. The number of carbonyl (C=O) groups is 1. The van der Waals surface area contributed by atoms with Crippen molar-refractivity contribution in [2.45, 2.75) is 0 Å². The summed E-state index contributed by atoms with van der Waals surface area (Å²) in [7, 11) is 1.86. The molecule has 0 bridgehead atoms. The predicted octanol–water partition coefficient (Wildman–Crippen LogP) is 2.73. The maximum absolute atomic E-state index is 11.7. The number of carbonyl (C=O) groups excluding carboxylic acids is 1. The Labute approximate surface area is 107 Å². The van der Waals surface area contributed by atoms with E-state index >= 15 is 0 Å². The predicted molar refractivity (Wildman–Crippen MR) is 71.8 cm³/mol. The Bertz CT molecular complexity index is 496. The van der Waals surface area contributed by atoms with Crippen LogP contribution in [-0.4, -0.2) is 19.6 Å². The van der Waals surface area contributed by atoms with Crippen molar-refractivity contribution < 1.29 is 9.53 Å². The zero-order valence-corrected chi connectivity index (χ0v) is 10.2. The standard InChI is InChI=1S/C15H15NO2/c1-16(13-8-4-2-5-9-13)12-15(17)18-14-10-6-3-7-11-14/h2-11H,12H2,1H3. The summed E-state index contributed by atoms with van der Waals surface area (Å²) in [5.74, 6) is 0.302. The highest BCUT2D eigenvalue weighted by Crippen LogP contribution is 2.12. The topological polar surface area (TPSA) is 29.5 Å². The second-order valence-corrected chi connectivity index (χ2v) is 3.98. The van der Waals surface area contributed by atoms with Gasteiger partial charge in [-0.15, -0.1) is 0 Å². The monoisotopic (exact) mass is 241 g/mol. The molecule has 0 aliphatic rings. The lowest BCUT2D eigenvalue weighted by atomic mass is 10.3. The van der Waals surface area contributed by atoms with Crippen molar-refractivity contribution in [1.82, 2.24) is 0 Å². The molecule has 18 heavy (non-hydrogen) atoms. The van der Waals surface area contributed by atoms with Crippen molar-refractivity contribution in [2.24, 2.45) is 0 Å². The van der Waals surface area contributed by atoms with Crippen molar-refractivity contribution in [2.75, 3.05) is 18.5 Å². The fourth-order valence-corrected chi connectivity index (χ4v) is 1.62. The van der Waals surface area contributed by atoms with E-state index in [4.69, 9.17) is 4.74 Å². The normalized spacial score (nSPS) is 9.83. The average molecular weight is 241 g/mol. The molecule has 0 saturated heterocycles. The van der Waals surface area contributed by atoms with Crippen LogP contribution in [-0.2, 0) is 4.79 Å². The molecule has 2 rings (SSSR count). The van der Waals surface area contributed by atoms with E-state index in [0.717, 1.165) is 5.69 Å². The summed E-state index contributed by atoms with van der Waals surface area (Å²) < 4.78 is 5.23. The van der Waals surface area contributed by atoms with Gasteiger partial charge in [0, 0.05) is 12.7 Å². The van der Waals surface area contributed by atoms with Crippen molar-refractivity contribution in [3.63, 3.8) is 0 Å². The van der Waals surface area contributed by atoms with Crippen LogP contribution >= 0.6 is 0 Å². The molecule has 0 aliphatic carbocycles.